The highest BCUT2D eigenvalue weighted by atomic mass is 16.3. The van der Waals surface area contributed by atoms with Gasteiger partial charge in [0.1, 0.15) is 41.5 Å². The number of benzene rings is 9. The van der Waals surface area contributed by atoms with Crippen molar-refractivity contribution < 1.29 is 9.10 Å². The first-order valence-electron chi connectivity index (χ1n) is 34.0. The van der Waals surface area contributed by atoms with Crippen LogP contribution in [0.3, 0.4) is 0 Å². The second kappa shape index (κ2) is 29.5. The van der Waals surface area contributed by atoms with E-state index < -0.39 is 0 Å². The molecule has 0 spiro atoms. The predicted molar refractivity (Wildman–Crippen MR) is 407 cm³/mol. The number of aryl methyl sites for hydroxylation is 6. The molecule has 11 aromatic rings. The molecule has 0 fully saturated rings. The van der Waals surface area contributed by atoms with Gasteiger partial charge in [-0.05, 0) is 168 Å². The van der Waals surface area contributed by atoms with E-state index in [4.69, 9.17) is 4.42 Å². The Labute approximate surface area is 571 Å². The van der Waals surface area contributed by atoms with Crippen LogP contribution in [0.1, 0.15) is 106 Å². The Kier molecular flexibility index (Phi) is 20.6. The van der Waals surface area contributed by atoms with Crippen molar-refractivity contribution in [2.45, 2.75) is 127 Å². The third-order valence-corrected chi connectivity index (χ3v) is 19.3. The maximum Gasteiger partial charge on any atom is 0.203 e. The average molecular weight is 1270 g/mol. The molecule has 0 unspecified atom stereocenters. The zero-order valence-corrected chi connectivity index (χ0v) is 59.2. The summed E-state index contributed by atoms with van der Waals surface area (Å²) < 4.78 is 10.5. The van der Waals surface area contributed by atoms with E-state index in [9.17, 15) is 0 Å². The van der Waals surface area contributed by atoms with Gasteiger partial charge in [0.05, 0.1) is 11.1 Å². The zero-order chi connectivity index (χ0) is 67.9. The van der Waals surface area contributed by atoms with E-state index in [0.29, 0.717) is 30.3 Å². The summed E-state index contributed by atoms with van der Waals surface area (Å²) in [5.41, 5.74) is 21.3. The lowest BCUT2D eigenvalue weighted by Gasteiger charge is -2.34. The van der Waals surface area contributed by atoms with E-state index in [1.165, 1.54) is 94.7 Å². The molecule has 15 rings (SSSR count). The van der Waals surface area contributed by atoms with Crippen molar-refractivity contribution in [3.63, 3.8) is 0 Å². The second-order valence-electron chi connectivity index (χ2n) is 26.3. The molecule has 0 saturated carbocycles. The second-order valence-corrected chi connectivity index (χ2v) is 26.3. The van der Waals surface area contributed by atoms with E-state index in [-0.39, 0.29) is 6.17 Å². The number of anilines is 6. The normalized spacial score (nSPS) is 17.0. The summed E-state index contributed by atoms with van der Waals surface area (Å²) in [6, 6.07) is 72.3. The minimum atomic E-state index is 0.262. The van der Waals surface area contributed by atoms with Crippen LogP contribution in [-0.2, 0) is 7.05 Å². The van der Waals surface area contributed by atoms with Crippen LogP contribution in [0.2, 0.25) is 0 Å². The SMILES string of the molecule is Cc1ccc2c(oc3ccccc32)c1N1C=CN(C)[C@@H]1C.Cc1ccccc1-n1c2ccccc2c[n+]1C.Cc1ccccc1N1C=CN(C)[C@@H]1C.Cc1ccccc1N1C=CN(c2c(C(C)C)cccc2C(C)C)[C@@H]1C.Cc1ccccc1N1C=CN(c2ccccc2)[C@@H]1C. The number of fused-ring (bicyclic) bond motifs is 4. The molecule has 0 aliphatic carbocycles. The molecule has 2 aromatic heterocycles. The highest BCUT2D eigenvalue weighted by Crippen LogP contribution is 2.42. The Bertz CT molecular complexity index is 4570. The van der Waals surface area contributed by atoms with Crippen LogP contribution in [0, 0.1) is 34.6 Å². The number of para-hydroxylation sites is 8. The van der Waals surface area contributed by atoms with Gasteiger partial charge in [-0.25, -0.2) is 0 Å². The van der Waals surface area contributed by atoms with Crippen molar-refractivity contribution in [1.82, 2.24) is 14.5 Å². The van der Waals surface area contributed by atoms with E-state index >= 15 is 0 Å². The third kappa shape index (κ3) is 13.9. The molecule has 4 aliphatic rings. The summed E-state index contributed by atoms with van der Waals surface area (Å²) in [5, 5.41) is 3.62. The number of nitrogens with zero attached hydrogens (tertiary/aromatic N) is 10. The van der Waals surface area contributed by atoms with Crippen molar-refractivity contribution >= 4 is 67.0 Å². The monoisotopic (exact) mass is 1270 g/mol. The van der Waals surface area contributed by atoms with Crippen molar-refractivity contribution in [2.24, 2.45) is 7.05 Å². The molecule has 0 radical (unpaired) electrons. The lowest BCUT2D eigenvalue weighted by molar-refractivity contribution is -0.741. The molecule has 6 heterocycles. The zero-order valence-electron chi connectivity index (χ0n) is 59.2. The molecule has 11 nitrogen and oxygen atoms in total. The van der Waals surface area contributed by atoms with Crippen LogP contribution in [-0.4, -0.2) is 53.2 Å². The Hall–Kier alpha value is -10.4. The summed E-state index contributed by atoms with van der Waals surface area (Å²) in [6.07, 6.45) is 20.6. The number of hydrogen-bond acceptors (Lipinski definition) is 9. The van der Waals surface area contributed by atoms with Crippen LogP contribution in [0.5, 0.6) is 0 Å². The predicted octanol–water partition coefficient (Wildman–Crippen LogP) is 20.3. The Morgan fingerprint density at radius 2 is 0.771 bits per heavy atom. The molecule has 492 valence electrons. The van der Waals surface area contributed by atoms with Gasteiger partial charge in [0.2, 0.25) is 6.20 Å². The Morgan fingerprint density at radius 3 is 1.29 bits per heavy atom. The van der Waals surface area contributed by atoms with E-state index in [1.54, 1.807) is 0 Å². The molecule has 9 aromatic carbocycles. The minimum Gasteiger partial charge on any atom is -0.454 e. The van der Waals surface area contributed by atoms with Crippen molar-refractivity contribution in [3.8, 4) is 5.69 Å². The molecule has 4 aliphatic heterocycles. The number of hydrogen-bond donors (Lipinski definition) is 0. The van der Waals surface area contributed by atoms with Gasteiger partial charge in [-0.15, -0.1) is 9.36 Å². The molecule has 0 N–H and O–H groups in total. The Balaban J connectivity index is 0.000000123. The number of furan rings is 1. The van der Waals surface area contributed by atoms with Gasteiger partial charge in [0, 0.05) is 103 Å². The summed E-state index contributed by atoms with van der Waals surface area (Å²) >= 11 is 0. The number of rotatable bonds is 9. The van der Waals surface area contributed by atoms with Gasteiger partial charge < -0.3 is 43.6 Å². The Morgan fingerprint density at radius 1 is 0.354 bits per heavy atom. The van der Waals surface area contributed by atoms with Gasteiger partial charge in [-0.3, -0.25) is 0 Å². The van der Waals surface area contributed by atoms with E-state index in [1.807, 2.05) is 18.2 Å². The summed E-state index contributed by atoms with van der Waals surface area (Å²) in [4.78, 5) is 18.4. The first-order chi connectivity index (χ1) is 46.3. The van der Waals surface area contributed by atoms with Gasteiger partial charge >= 0.3 is 0 Å². The average Bonchev–Trinajstić information content (AvgIpc) is 1.61. The first-order valence-corrected chi connectivity index (χ1v) is 34.0. The fraction of sp³-hybridized carbons (Fsp3) is 0.259. The van der Waals surface area contributed by atoms with Crippen LogP contribution < -0.4 is 34.1 Å². The van der Waals surface area contributed by atoms with Crippen molar-refractivity contribution in [2.75, 3.05) is 43.5 Å². The molecule has 96 heavy (non-hydrogen) atoms. The lowest BCUT2D eigenvalue weighted by atomic mass is 9.92. The topological polar surface area (TPSA) is 47.9 Å². The van der Waals surface area contributed by atoms with Gasteiger partial charge in [-0.1, -0.05) is 179 Å². The lowest BCUT2D eigenvalue weighted by Crippen LogP contribution is -2.37. The summed E-state index contributed by atoms with van der Waals surface area (Å²) in [6.45, 7) is 28.8. The van der Waals surface area contributed by atoms with E-state index in [2.05, 4.69) is 404 Å². The molecular weight excluding hydrogens is 1180 g/mol. The fourth-order valence-electron chi connectivity index (χ4n) is 13.5. The molecule has 0 saturated heterocycles. The summed E-state index contributed by atoms with van der Waals surface area (Å²) in [7, 11) is 6.27. The quantitative estimate of drug-likeness (QED) is 0.132. The van der Waals surface area contributed by atoms with Gasteiger partial charge in [-0.2, -0.15) is 0 Å². The third-order valence-electron chi connectivity index (χ3n) is 19.3. The maximum atomic E-state index is 6.17. The van der Waals surface area contributed by atoms with E-state index in [0.717, 1.165) is 16.9 Å². The first kappa shape index (κ1) is 67.0. The van der Waals surface area contributed by atoms with Crippen LogP contribution in [0.4, 0.5) is 34.1 Å². The van der Waals surface area contributed by atoms with Gasteiger partial charge in [0.25, 0.3) is 0 Å². The smallest absolute Gasteiger partial charge is 0.203 e. The molecule has 0 bridgehead atoms. The van der Waals surface area contributed by atoms with Crippen molar-refractivity contribution in [3.05, 3.63) is 301 Å². The highest BCUT2D eigenvalue weighted by Gasteiger charge is 2.31. The molecular formula is C85H97N10O+. The number of aromatic nitrogens is 2. The highest BCUT2D eigenvalue weighted by molar-refractivity contribution is 6.09. The minimum absolute atomic E-state index is 0.262. The standard InChI is InChI=1S/C23H30N2.C18H18N2O.C17H18N2.C15H15N2.C12H16N2/c1-16(2)20-11-9-12-21(17(3)4)23(20)25-15-14-24(19(25)6)22-13-8-7-10-18(22)5;1-12-8-9-15-14-6-4-5-7-16(14)21-18(15)17(12)20-11-10-19(3)13(20)2;1-14-8-6-7-11-17(14)19-13-12-18(15(19)2)16-9-4-3-5-10-16;1-12-7-3-5-9-14(12)17-15-10-6-4-8-13(15)11-16(17)2;1-10-6-4-5-7-12(10)14-9-8-13(3)11(14)2/h7-17,19H,1-6H3;4-11,13H,1-3H3;3-13,15H,1-2H3;3-11H,1-2H3;4-9,11H,1-3H3/q;;;+1;/t19-;13-;15-;;11-/m100.0/s1. The van der Waals surface area contributed by atoms with Crippen LogP contribution in [0.25, 0.3) is 38.5 Å². The van der Waals surface area contributed by atoms with Crippen LogP contribution >= 0.6 is 0 Å². The van der Waals surface area contributed by atoms with Crippen molar-refractivity contribution in [1.29, 1.82) is 0 Å². The molecule has 11 heteroatoms. The van der Waals surface area contributed by atoms with Gasteiger partial charge in [0.15, 0.2) is 12.6 Å². The maximum absolute atomic E-state index is 6.17. The summed E-state index contributed by atoms with van der Waals surface area (Å²) in [5.74, 6) is 1.00. The molecule has 0 amide bonds. The van der Waals surface area contributed by atoms with Crippen LogP contribution in [0.15, 0.2) is 266 Å². The largest absolute Gasteiger partial charge is 0.454 e. The fourth-order valence-corrected chi connectivity index (χ4v) is 13.5. The molecule has 4 atom stereocenters.